The molecule has 0 bridgehead atoms. The first-order valence-corrected chi connectivity index (χ1v) is 5.78. The lowest BCUT2D eigenvalue weighted by atomic mass is 10.0. The number of ether oxygens (including phenoxy) is 1. The highest BCUT2D eigenvalue weighted by Gasteiger charge is 2.18. The molecule has 1 aliphatic rings. The zero-order chi connectivity index (χ0) is 11.4. The molecule has 4 heteroatoms. The second-order valence-corrected chi connectivity index (χ2v) is 4.29. The van der Waals surface area contributed by atoms with Crippen molar-refractivity contribution in [2.75, 3.05) is 6.61 Å². The monoisotopic (exact) mass is 221 g/mol. The maximum Gasteiger partial charge on any atom is 0.0561 e. The molecule has 0 aliphatic carbocycles. The molecule has 0 radical (unpaired) electrons. The van der Waals surface area contributed by atoms with Crippen LogP contribution in [0.25, 0.3) is 6.20 Å². The summed E-state index contributed by atoms with van der Waals surface area (Å²) in [6.07, 6.45) is 8.12. The first-order chi connectivity index (χ1) is 7.78. The van der Waals surface area contributed by atoms with Crippen LogP contribution in [0.2, 0.25) is 0 Å². The molecule has 1 aliphatic heterocycles. The van der Waals surface area contributed by atoms with Gasteiger partial charge in [-0.05, 0) is 19.8 Å². The number of hydrogen-bond acceptors (Lipinski definition) is 3. The zero-order valence-corrected chi connectivity index (χ0v) is 9.72. The summed E-state index contributed by atoms with van der Waals surface area (Å²) in [4.78, 5) is 0. The fraction of sp³-hybridized carbons (Fsp3) is 0.583. The molecule has 2 unspecified atom stereocenters. The minimum Gasteiger partial charge on any atom is -0.378 e. The molecular weight excluding hydrogens is 202 g/mol. The van der Waals surface area contributed by atoms with E-state index in [-0.39, 0.29) is 0 Å². The Morgan fingerprint density at radius 2 is 2.62 bits per heavy atom. The third kappa shape index (κ3) is 2.93. The van der Waals surface area contributed by atoms with Crippen molar-refractivity contribution in [3.8, 4) is 0 Å². The van der Waals surface area contributed by atoms with Crippen molar-refractivity contribution in [3.05, 3.63) is 24.5 Å². The molecule has 1 fully saturated rings. The summed E-state index contributed by atoms with van der Waals surface area (Å²) in [7, 11) is 0. The van der Waals surface area contributed by atoms with E-state index in [2.05, 4.69) is 23.9 Å². The molecule has 0 saturated carbocycles. The number of aromatic nitrogens is 2. The van der Waals surface area contributed by atoms with Gasteiger partial charge in [0.25, 0.3) is 0 Å². The molecule has 1 N–H and O–H groups in total. The smallest absolute Gasteiger partial charge is 0.0561 e. The fourth-order valence-electron chi connectivity index (χ4n) is 2.01. The topological polar surface area (TPSA) is 39.1 Å². The van der Waals surface area contributed by atoms with E-state index in [1.54, 1.807) is 10.9 Å². The van der Waals surface area contributed by atoms with E-state index in [1.165, 1.54) is 5.56 Å². The molecule has 1 saturated heterocycles. The zero-order valence-electron chi connectivity index (χ0n) is 9.72. The van der Waals surface area contributed by atoms with E-state index < -0.39 is 0 Å². The van der Waals surface area contributed by atoms with Crippen LogP contribution in [-0.2, 0) is 11.3 Å². The van der Waals surface area contributed by atoms with E-state index in [0.29, 0.717) is 12.1 Å². The predicted octanol–water partition coefficient (Wildman–Crippen LogP) is 1.64. The van der Waals surface area contributed by atoms with Crippen molar-refractivity contribution in [2.24, 2.45) is 0 Å². The highest BCUT2D eigenvalue weighted by Crippen LogP contribution is 2.13. The Balaban J connectivity index is 1.80. The first kappa shape index (κ1) is 11.4. The van der Waals surface area contributed by atoms with Crippen molar-refractivity contribution in [1.82, 2.24) is 15.1 Å². The predicted molar refractivity (Wildman–Crippen MR) is 63.9 cm³/mol. The van der Waals surface area contributed by atoms with Crippen LogP contribution in [0.1, 0.15) is 25.3 Å². The highest BCUT2D eigenvalue weighted by atomic mass is 16.5. The van der Waals surface area contributed by atoms with Gasteiger partial charge in [-0.25, -0.2) is 4.68 Å². The Morgan fingerprint density at radius 3 is 3.31 bits per heavy atom. The van der Waals surface area contributed by atoms with E-state index in [0.717, 1.165) is 26.0 Å². The number of hydrogen-bond donors (Lipinski definition) is 1. The van der Waals surface area contributed by atoms with Crippen LogP contribution in [0.15, 0.2) is 19.0 Å². The second kappa shape index (κ2) is 5.27. The quantitative estimate of drug-likeness (QED) is 0.840. The standard InChI is InChI=1S/C12H19N3O/c1-3-15-9-11(8-14-15)7-13-12-4-5-16-10(2)6-12/h3,8-10,12-13H,1,4-7H2,2H3. The van der Waals surface area contributed by atoms with E-state index in [1.807, 2.05) is 12.4 Å². The Morgan fingerprint density at radius 1 is 1.75 bits per heavy atom. The molecule has 1 aromatic rings. The van der Waals surface area contributed by atoms with Crippen molar-refractivity contribution in [3.63, 3.8) is 0 Å². The van der Waals surface area contributed by atoms with Gasteiger partial charge in [0, 0.05) is 37.2 Å². The van der Waals surface area contributed by atoms with Crippen LogP contribution in [0.4, 0.5) is 0 Å². The minimum absolute atomic E-state index is 0.377. The van der Waals surface area contributed by atoms with Crippen LogP contribution in [0, 0.1) is 0 Å². The van der Waals surface area contributed by atoms with Crippen molar-refractivity contribution < 1.29 is 4.74 Å². The average molecular weight is 221 g/mol. The van der Waals surface area contributed by atoms with E-state index in [4.69, 9.17) is 4.74 Å². The summed E-state index contributed by atoms with van der Waals surface area (Å²) >= 11 is 0. The van der Waals surface area contributed by atoms with Gasteiger partial charge in [0.05, 0.1) is 12.3 Å². The van der Waals surface area contributed by atoms with Gasteiger partial charge in [0.1, 0.15) is 0 Å². The van der Waals surface area contributed by atoms with Crippen molar-refractivity contribution >= 4 is 6.20 Å². The van der Waals surface area contributed by atoms with Gasteiger partial charge in [-0.3, -0.25) is 0 Å². The van der Waals surface area contributed by atoms with Gasteiger partial charge >= 0.3 is 0 Å². The largest absolute Gasteiger partial charge is 0.378 e. The highest BCUT2D eigenvalue weighted by molar-refractivity contribution is 5.17. The summed E-state index contributed by atoms with van der Waals surface area (Å²) in [5.74, 6) is 0. The van der Waals surface area contributed by atoms with Crippen LogP contribution in [-0.4, -0.2) is 28.5 Å². The van der Waals surface area contributed by atoms with Crippen molar-refractivity contribution in [1.29, 1.82) is 0 Å². The van der Waals surface area contributed by atoms with Crippen molar-refractivity contribution in [2.45, 2.75) is 38.5 Å². The van der Waals surface area contributed by atoms with Gasteiger partial charge in [-0.1, -0.05) is 6.58 Å². The summed E-state index contributed by atoms with van der Waals surface area (Å²) in [5, 5.41) is 7.69. The molecule has 0 amide bonds. The second-order valence-electron chi connectivity index (χ2n) is 4.29. The summed E-state index contributed by atoms with van der Waals surface area (Å²) in [6, 6.07) is 0.566. The van der Waals surface area contributed by atoms with Crippen LogP contribution in [0.3, 0.4) is 0 Å². The van der Waals surface area contributed by atoms with Crippen LogP contribution >= 0.6 is 0 Å². The molecule has 2 rings (SSSR count). The van der Waals surface area contributed by atoms with Gasteiger partial charge < -0.3 is 10.1 Å². The fourth-order valence-corrected chi connectivity index (χ4v) is 2.01. The van der Waals surface area contributed by atoms with Gasteiger partial charge in [-0.15, -0.1) is 0 Å². The molecule has 2 heterocycles. The molecule has 1 aromatic heterocycles. The van der Waals surface area contributed by atoms with Crippen LogP contribution in [0.5, 0.6) is 0 Å². The Labute approximate surface area is 96.3 Å². The number of nitrogens with one attached hydrogen (secondary N) is 1. The van der Waals surface area contributed by atoms with Gasteiger partial charge in [-0.2, -0.15) is 5.10 Å². The average Bonchev–Trinajstić information content (AvgIpc) is 2.74. The Bertz CT molecular complexity index is 348. The lowest BCUT2D eigenvalue weighted by molar-refractivity contribution is 0.0130. The molecule has 16 heavy (non-hydrogen) atoms. The summed E-state index contributed by atoms with van der Waals surface area (Å²) in [5.41, 5.74) is 1.19. The van der Waals surface area contributed by atoms with Gasteiger partial charge in [0.15, 0.2) is 0 Å². The molecule has 4 nitrogen and oxygen atoms in total. The lowest BCUT2D eigenvalue weighted by Crippen LogP contribution is -2.37. The molecule has 0 spiro atoms. The molecule has 0 aromatic carbocycles. The number of nitrogens with zero attached hydrogens (tertiary/aromatic N) is 2. The van der Waals surface area contributed by atoms with E-state index >= 15 is 0 Å². The summed E-state index contributed by atoms with van der Waals surface area (Å²) in [6.45, 7) is 7.53. The Kier molecular flexibility index (Phi) is 3.74. The normalized spacial score (nSPS) is 25.6. The maximum absolute atomic E-state index is 5.51. The molecular formula is C12H19N3O. The first-order valence-electron chi connectivity index (χ1n) is 5.78. The van der Waals surface area contributed by atoms with E-state index in [9.17, 15) is 0 Å². The Hall–Kier alpha value is -1.13. The maximum atomic E-state index is 5.51. The third-order valence-electron chi connectivity index (χ3n) is 2.92. The molecule has 88 valence electrons. The van der Waals surface area contributed by atoms with Crippen LogP contribution < -0.4 is 5.32 Å². The third-order valence-corrected chi connectivity index (χ3v) is 2.92. The number of rotatable bonds is 4. The SMILES string of the molecule is C=Cn1cc(CNC2CCOC(C)C2)cn1. The molecule has 2 atom stereocenters. The summed E-state index contributed by atoms with van der Waals surface area (Å²) < 4.78 is 7.24. The van der Waals surface area contributed by atoms with Gasteiger partial charge in [0.2, 0.25) is 0 Å². The minimum atomic E-state index is 0.377. The lowest BCUT2D eigenvalue weighted by Gasteiger charge is -2.27.